The summed E-state index contributed by atoms with van der Waals surface area (Å²) in [6, 6.07) is 10.5. The van der Waals surface area contributed by atoms with E-state index in [0.29, 0.717) is 23.2 Å². The van der Waals surface area contributed by atoms with Crippen molar-refractivity contribution in [3.63, 3.8) is 0 Å². The lowest BCUT2D eigenvalue weighted by Gasteiger charge is -2.16. The van der Waals surface area contributed by atoms with Crippen LogP contribution in [0.2, 0.25) is 0 Å². The predicted octanol–water partition coefficient (Wildman–Crippen LogP) is 2.52. The van der Waals surface area contributed by atoms with Gasteiger partial charge in [0.25, 0.3) is 17.7 Å². The van der Waals surface area contributed by atoms with E-state index in [1.54, 1.807) is 37.3 Å². The number of ether oxygens (including phenoxy) is 2. The van der Waals surface area contributed by atoms with Crippen molar-refractivity contribution in [2.24, 2.45) is 5.92 Å². The fourth-order valence-corrected chi connectivity index (χ4v) is 3.39. The molecule has 0 fully saturated rings. The average Bonchev–Trinajstić information content (AvgIpc) is 3.07. The maximum atomic E-state index is 12.7. The predicted molar refractivity (Wildman–Crippen MR) is 125 cm³/mol. The molecule has 0 unspecified atom stereocenters. The van der Waals surface area contributed by atoms with Crippen molar-refractivity contribution < 1.29 is 33.4 Å². The minimum atomic E-state index is -0.851. The summed E-state index contributed by atoms with van der Waals surface area (Å²) in [5.41, 5.74) is 1.17. The molecule has 1 heterocycles. The number of rotatable bonds is 9. The summed E-state index contributed by atoms with van der Waals surface area (Å²) in [5, 5.41) is 4.60. The van der Waals surface area contributed by atoms with Crippen molar-refractivity contribution in [2.45, 2.75) is 27.3 Å². The third kappa shape index (κ3) is 6.23. The Balaban J connectivity index is 1.68. The lowest BCUT2D eigenvalue weighted by molar-refractivity contribution is -0.123. The standard InChI is InChI=1S/C25H27N3O7/c1-4-34-20-10-9-16(13-28-22(30)17-7-5-6-8-18(17)23(28)31)11-19(20)24(32)35-14-21(29)27-25(33)26-12-15(2)3/h5-11,15H,4,12-14H2,1-3H3,(H2,26,27,29,33). The molecule has 2 aromatic carbocycles. The molecule has 0 bridgehead atoms. The van der Waals surface area contributed by atoms with Crippen LogP contribution in [0.15, 0.2) is 42.5 Å². The maximum absolute atomic E-state index is 12.7. The number of benzene rings is 2. The Morgan fingerprint density at radius 2 is 1.66 bits per heavy atom. The number of hydrogen-bond donors (Lipinski definition) is 2. The molecular weight excluding hydrogens is 454 g/mol. The minimum Gasteiger partial charge on any atom is -0.493 e. The van der Waals surface area contributed by atoms with Crippen LogP contribution < -0.4 is 15.4 Å². The number of esters is 1. The number of urea groups is 1. The van der Waals surface area contributed by atoms with Crippen LogP contribution in [0.4, 0.5) is 4.79 Å². The van der Waals surface area contributed by atoms with Gasteiger partial charge in [0.2, 0.25) is 0 Å². The van der Waals surface area contributed by atoms with Gasteiger partial charge in [-0.25, -0.2) is 9.59 Å². The van der Waals surface area contributed by atoms with Gasteiger partial charge in [0.1, 0.15) is 11.3 Å². The Bertz CT molecular complexity index is 1120. The van der Waals surface area contributed by atoms with Crippen LogP contribution in [0.1, 0.15) is 57.4 Å². The highest BCUT2D eigenvalue weighted by molar-refractivity contribution is 6.21. The molecule has 184 valence electrons. The molecule has 10 heteroatoms. The van der Waals surface area contributed by atoms with Crippen molar-refractivity contribution in [2.75, 3.05) is 19.8 Å². The first kappa shape index (κ1) is 25.4. The first-order valence-electron chi connectivity index (χ1n) is 11.2. The van der Waals surface area contributed by atoms with E-state index < -0.39 is 36.3 Å². The molecule has 5 amide bonds. The first-order chi connectivity index (χ1) is 16.7. The minimum absolute atomic E-state index is 0.0259. The number of carbonyl (C=O) groups is 5. The van der Waals surface area contributed by atoms with Crippen LogP contribution in [-0.4, -0.2) is 54.4 Å². The number of carbonyl (C=O) groups excluding carboxylic acids is 5. The van der Waals surface area contributed by atoms with E-state index in [9.17, 15) is 24.0 Å². The van der Waals surface area contributed by atoms with E-state index in [1.165, 1.54) is 12.1 Å². The lowest BCUT2D eigenvalue weighted by atomic mass is 10.1. The van der Waals surface area contributed by atoms with E-state index >= 15 is 0 Å². The van der Waals surface area contributed by atoms with Gasteiger partial charge in [0.15, 0.2) is 6.61 Å². The van der Waals surface area contributed by atoms with Crippen molar-refractivity contribution in [1.82, 2.24) is 15.5 Å². The molecule has 1 aliphatic heterocycles. The number of fused-ring (bicyclic) bond motifs is 1. The molecule has 0 aromatic heterocycles. The quantitative estimate of drug-likeness (QED) is 0.416. The second kappa shape index (κ2) is 11.3. The fourth-order valence-electron chi connectivity index (χ4n) is 3.39. The molecule has 0 aliphatic carbocycles. The molecular formula is C25H27N3O7. The normalized spacial score (nSPS) is 12.4. The van der Waals surface area contributed by atoms with Gasteiger partial charge in [-0.3, -0.25) is 24.6 Å². The molecule has 10 nitrogen and oxygen atoms in total. The van der Waals surface area contributed by atoms with Crippen LogP contribution in [0.5, 0.6) is 5.75 Å². The fraction of sp³-hybridized carbons (Fsp3) is 0.320. The second-order valence-corrected chi connectivity index (χ2v) is 8.23. The van der Waals surface area contributed by atoms with Crippen molar-refractivity contribution >= 4 is 29.7 Å². The molecule has 1 aliphatic rings. The third-order valence-corrected chi connectivity index (χ3v) is 5.04. The van der Waals surface area contributed by atoms with Gasteiger partial charge in [-0.2, -0.15) is 0 Å². The highest BCUT2D eigenvalue weighted by atomic mass is 16.5. The molecule has 2 aromatic rings. The zero-order valence-electron chi connectivity index (χ0n) is 19.8. The Morgan fingerprint density at radius 1 is 1.00 bits per heavy atom. The summed E-state index contributed by atoms with van der Waals surface area (Å²) >= 11 is 0. The highest BCUT2D eigenvalue weighted by Crippen LogP contribution is 2.27. The van der Waals surface area contributed by atoms with Crippen LogP contribution >= 0.6 is 0 Å². The van der Waals surface area contributed by atoms with Gasteiger partial charge in [-0.05, 0) is 42.7 Å². The van der Waals surface area contributed by atoms with Crippen LogP contribution in [0.3, 0.4) is 0 Å². The summed E-state index contributed by atoms with van der Waals surface area (Å²) in [7, 11) is 0. The second-order valence-electron chi connectivity index (χ2n) is 8.23. The molecule has 0 saturated heterocycles. The van der Waals surface area contributed by atoms with E-state index in [0.717, 1.165) is 4.90 Å². The zero-order valence-corrected chi connectivity index (χ0v) is 19.8. The van der Waals surface area contributed by atoms with Crippen molar-refractivity contribution in [1.29, 1.82) is 0 Å². The number of amides is 5. The Kier molecular flexibility index (Phi) is 8.19. The summed E-state index contributed by atoms with van der Waals surface area (Å²) in [6.45, 7) is 5.47. The van der Waals surface area contributed by atoms with E-state index in [4.69, 9.17) is 9.47 Å². The Hall–Kier alpha value is -4.21. The van der Waals surface area contributed by atoms with E-state index in [2.05, 4.69) is 10.6 Å². The molecule has 2 N–H and O–H groups in total. The average molecular weight is 482 g/mol. The number of hydrogen-bond acceptors (Lipinski definition) is 7. The summed E-state index contributed by atoms with van der Waals surface area (Å²) in [5.74, 6) is -2.06. The van der Waals surface area contributed by atoms with Gasteiger partial charge in [0, 0.05) is 6.54 Å². The van der Waals surface area contributed by atoms with Gasteiger partial charge >= 0.3 is 12.0 Å². The molecule has 35 heavy (non-hydrogen) atoms. The smallest absolute Gasteiger partial charge is 0.342 e. The van der Waals surface area contributed by atoms with Crippen LogP contribution in [-0.2, 0) is 16.1 Å². The highest BCUT2D eigenvalue weighted by Gasteiger charge is 2.35. The zero-order chi connectivity index (χ0) is 25.5. The summed E-state index contributed by atoms with van der Waals surface area (Å²) in [6.07, 6.45) is 0. The van der Waals surface area contributed by atoms with Crippen LogP contribution in [0.25, 0.3) is 0 Å². The summed E-state index contributed by atoms with van der Waals surface area (Å²) < 4.78 is 10.6. The molecule has 0 radical (unpaired) electrons. The van der Waals surface area contributed by atoms with E-state index in [-0.39, 0.29) is 30.4 Å². The van der Waals surface area contributed by atoms with Gasteiger partial charge in [0.05, 0.1) is 24.3 Å². The number of nitrogens with one attached hydrogen (secondary N) is 2. The van der Waals surface area contributed by atoms with Gasteiger partial charge in [-0.1, -0.05) is 32.0 Å². The SMILES string of the molecule is CCOc1ccc(CN2C(=O)c3ccccc3C2=O)cc1C(=O)OCC(=O)NC(=O)NCC(C)C. The Labute approximate surface area is 202 Å². The first-order valence-corrected chi connectivity index (χ1v) is 11.2. The molecule has 0 saturated carbocycles. The number of imide groups is 2. The molecule has 3 rings (SSSR count). The van der Waals surface area contributed by atoms with Crippen molar-refractivity contribution in [3.05, 3.63) is 64.7 Å². The largest absolute Gasteiger partial charge is 0.493 e. The molecule has 0 spiro atoms. The lowest BCUT2D eigenvalue weighted by Crippen LogP contribution is -2.42. The van der Waals surface area contributed by atoms with Gasteiger partial charge in [-0.15, -0.1) is 0 Å². The Morgan fingerprint density at radius 3 is 2.26 bits per heavy atom. The number of nitrogens with zero attached hydrogens (tertiary/aromatic N) is 1. The molecule has 0 atom stereocenters. The summed E-state index contributed by atoms with van der Waals surface area (Å²) in [4.78, 5) is 62.8. The third-order valence-electron chi connectivity index (χ3n) is 5.04. The topological polar surface area (TPSA) is 131 Å². The van der Waals surface area contributed by atoms with Gasteiger partial charge < -0.3 is 14.8 Å². The van der Waals surface area contributed by atoms with Crippen LogP contribution in [0, 0.1) is 5.92 Å². The van der Waals surface area contributed by atoms with Crippen molar-refractivity contribution in [3.8, 4) is 5.75 Å². The van der Waals surface area contributed by atoms with E-state index in [1.807, 2.05) is 13.8 Å². The monoisotopic (exact) mass is 481 g/mol. The maximum Gasteiger partial charge on any atom is 0.342 e.